The van der Waals surface area contributed by atoms with Gasteiger partial charge >= 0.3 is 0 Å². The predicted octanol–water partition coefficient (Wildman–Crippen LogP) is 7.72. The quantitative estimate of drug-likeness (QED) is 0.479. The second-order valence-electron chi connectivity index (χ2n) is 11.2. The SMILES string of the molecule is CCC[C@@H](C)[C@H]1C(F)(F)C[C@H]2[C@@H]3CCC4CCCC[C@]4(C)[C@H]3CC[C@@]21C. The van der Waals surface area contributed by atoms with Crippen molar-refractivity contribution in [3.05, 3.63) is 0 Å². The van der Waals surface area contributed by atoms with Gasteiger partial charge in [-0.2, -0.15) is 0 Å². The van der Waals surface area contributed by atoms with E-state index in [1.807, 2.05) is 0 Å². The fourth-order valence-corrected chi connectivity index (χ4v) is 9.00. The molecule has 0 aromatic carbocycles. The number of halogens is 2. The summed E-state index contributed by atoms with van der Waals surface area (Å²) in [5.74, 6) is -0.263. The summed E-state index contributed by atoms with van der Waals surface area (Å²) in [6.07, 6.45) is 12.5. The molecule has 0 nitrogen and oxygen atoms in total. The highest BCUT2D eigenvalue weighted by Gasteiger charge is 2.68. The van der Waals surface area contributed by atoms with Crippen molar-refractivity contribution in [2.75, 3.05) is 0 Å². The van der Waals surface area contributed by atoms with E-state index in [9.17, 15) is 0 Å². The van der Waals surface area contributed by atoms with Crippen molar-refractivity contribution >= 4 is 0 Å². The molecule has 4 saturated carbocycles. The van der Waals surface area contributed by atoms with Crippen LogP contribution in [0.3, 0.4) is 0 Å². The summed E-state index contributed by atoms with van der Waals surface area (Å²) in [6, 6.07) is 0. The lowest BCUT2D eigenvalue weighted by Gasteiger charge is -2.60. The summed E-state index contributed by atoms with van der Waals surface area (Å²) in [5.41, 5.74) is 0.321. The largest absolute Gasteiger partial charge is 0.252 e. The molecule has 150 valence electrons. The van der Waals surface area contributed by atoms with Gasteiger partial charge in [-0.25, -0.2) is 8.78 Å². The smallest absolute Gasteiger partial charge is 0.207 e. The van der Waals surface area contributed by atoms with Crippen LogP contribution in [0.1, 0.15) is 98.3 Å². The lowest BCUT2D eigenvalue weighted by atomic mass is 9.44. The maximum atomic E-state index is 15.3. The lowest BCUT2D eigenvalue weighted by Crippen LogP contribution is -2.53. The molecule has 4 fully saturated rings. The van der Waals surface area contributed by atoms with Gasteiger partial charge in [-0.05, 0) is 78.9 Å². The lowest BCUT2D eigenvalue weighted by molar-refractivity contribution is -0.122. The summed E-state index contributed by atoms with van der Waals surface area (Å²) >= 11 is 0. The third kappa shape index (κ3) is 2.63. The molecule has 0 amide bonds. The van der Waals surface area contributed by atoms with E-state index < -0.39 is 11.8 Å². The number of hydrogen-bond acceptors (Lipinski definition) is 0. The van der Waals surface area contributed by atoms with E-state index in [1.54, 1.807) is 0 Å². The minimum absolute atomic E-state index is 0.128. The molecule has 1 unspecified atom stereocenters. The molecule has 0 bridgehead atoms. The molecule has 2 heteroatoms. The van der Waals surface area contributed by atoms with Crippen molar-refractivity contribution in [2.45, 2.75) is 104 Å². The van der Waals surface area contributed by atoms with Gasteiger partial charge in [0.2, 0.25) is 0 Å². The Kier molecular flexibility index (Phi) is 4.76. The van der Waals surface area contributed by atoms with Crippen LogP contribution in [0.5, 0.6) is 0 Å². The Balaban J connectivity index is 1.64. The van der Waals surface area contributed by atoms with Crippen molar-refractivity contribution in [1.82, 2.24) is 0 Å². The molecule has 0 radical (unpaired) electrons. The minimum Gasteiger partial charge on any atom is -0.207 e. The van der Waals surface area contributed by atoms with Crippen LogP contribution in [-0.4, -0.2) is 5.92 Å². The summed E-state index contributed by atoms with van der Waals surface area (Å²) < 4.78 is 30.6. The molecule has 8 atom stereocenters. The van der Waals surface area contributed by atoms with Crippen molar-refractivity contribution in [1.29, 1.82) is 0 Å². The monoisotopic (exact) mass is 366 g/mol. The number of alkyl halides is 2. The van der Waals surface area contributed by atoms with Crippen LogP contribution in [0.2, 0.25) is 0 Å². The fourth-order valence-electron chi connectivity index (χ4n) is 9.00. The van der Waals surface area contributed by atoms with E-state index in [4.69, 9.17) is 0 Å². The first-order valence-electron chi connectivity index (χ1n) is 11.6. The Morgan fingerprint density at radius 1 is 0.923 bits per heavy atom. The molecule has 0 aliphatic heterocycles. The summed E-state index contributed by atoms with van der Waals surface area (Å²) in [6.45, 7) is 9.06. The Bertz CT molecular complexity index is 528. The molecular formula is C24H40F2. The van der Waals surface area contributed by atoms with Gasteiger partial charge in [0.25, 0.3) is 5.92 Å². The number of rotatable bonds is 3. The third-order valence-electron chi connectivity index (χ3n) is 9.99. The highest BCUT2D eigenvalue weighted by atomic mass is 19.3. The zero-order valence-corrected chi connectivity index (χ0v) is 17.5. The molecule has 0 N–H and O–H groups in total. The molecule has 0 aromatic heterocycles. The van der Waals surface area contributed by atoms with E-state index in [2.05, 4.69) is 27.7 Å². The van der Waals surface area contributed by atoms with Gasteiger partial charge in [-0.1, -0.05) is 53.4 Å². The highest BCUT2D eigenvalue weighted by Crippen LogP contribution is 2.71. The van der Waals surface area contributed by atoms with Crippen molar-refractivity contribution in [3.8, 4) is 0 Å². The van der Waals surface area contributed by atoms with Crippen LogP contribution in [0.4, 0.5) is 8.78 Å². The maximum Gasteiger partial charge on any atom is 0.252 e. The zero-order valence-electron chi connectivity index (χ0n) is 17.5. The summed E-state index contributed by atoms with van der Waals surface area (Å²) in [5, 5.41) is 0. The van der Waals surface area contributed by atoms with E-state index in [1.165, 1.54) is 44.9 Å². The Labute approximate surface area is 159 Å². The van der Waals surface area contributed by atoms with Gasteiger partial charge < -0.3 is 0 Å². The van der Waals surface area contributed by atoms with Crippen LogP contribution in [0, 0.1) is 46.3 Å². The van der Waals surface area contributed by atoms with Gasteiger partial charge in [0.05, 0.1) is 0 Å². The topological polar surface area (TPSA) is 0 Å². The molecule has 26 heavy (non-hydrogen) atoms. The average molecular weight is 367 g/mol. The highest BCUT2D eigenvalue weighted by molar-refractivity contribution is 5.13. The third-order valence-corrected chi connectivity index (χ3v) is 9.99. The van der Waals surface area contributed by atoms with Gasteiger partial charge in [0.1, 0.15) is 0 Å². The van der Waals surface area contributed by atoms with Crippen LogP contribution in [-0.2, 0) is 0 Å². The van der Waals surface area contributed by atoms with Gasteiger partial charge in [-0.15, -0.1) is 0 Å². The Morgan fingerprint density at radius 2 is 1.69 bits per heavy atom. The van der Waals surface area contributed by atoms with Crippen LogP contribution < -0.4 is 0 Å². The van der Waals surface area contributed by atoms with E-state index in [-0.39, 0.29) is 23.7 Å². The van der Waals surface area contributed by atoms with Crippen molar-refractivity contribution < 1.29 is 8.78 Å². The van der Waals surface area contributed by atoms with Crippen molar-refractivity contribution in [2.24, 2.45) is 46.3 Å². The van der Waals surface area contributed by atoms with Gasteiger partial charge in [0, 0.05) is 12.3 Å². The zero-order chi connectivity index (χ0) is 18.7. The van der Waals surface area contributed by atoms with Crippen LogP contribution in [0.25, 0.3) is 0 Å². The predicted molar refractivity (Wildman–Crippen MR) is 104 cm³/mol. The second-order valence-corrected chi connectivity index (χ2v) is 11.2. The maximum absolute atomic E-state index is 15.3. The second kappa shape index (κ2) is 6.45. The van der Waals surface area contributed by atoms with Gasteiger partial charge in [0.15, 0.2) is 0 Å². The molecule has 0 heterocycles. The summed E-state index contributed by atoms with van der Waals surface area (Å²) in [7, 11) is 0. The summed E-state index contributed by atoms with van der Waals surface area (Å²) in [4.78, 5) is 0. The standard InChI is InChI=1S/C24H40F2/c1-5-8-16(2)21-23(4)14-12-19-18(20(23)15-24(21,25)26)11-10-17-9-6-7-13-22(17,19)3/h16-21H,5-15H2,1-4H3/t16-,17?,18-,19+,20+,21-,22+,23+/m1/s1. The molecule has 4 aliphatic carbocycles. The van der Waals surface area contributed by atoms with E-state index >= 15 is 8.78 Å². The first kappa shape index (κ1) is 19.2. The first-order valence-corrected chi connectivity index (χ1v) is 11.6. The van der Waals surface area contributed by atoms with E-state index in [0.29, 0.717) is 11.3 Å². The molecule has 0 aromatic rings. The molecular weight excluding hydrogens is 326 g/mol. The molecule has 4 rings (SSSR count). The first-order chi connectivity index (χ1) is 12.2. The average Bonchev–Trinajstić information content (AvgIpc) is 2.79. The number of hydrogen-bond donors (Lipinski definition) is 0. The van der Waals surface area contributed by atoms with Crippen LogP contribution in [0.15, 0.2) is 0 Å². The Morgan fingerprint density at radius 3 is 2.42 bits per heavy atom. The number of fused-ring (bicyclic) bond motifs is 5. The molecule has 0 spiro atoms. The fraction of sp³-hybridized carbons (Fsp3) is 1.00. The van der Waals surface area contributed by atoms with E-state index in [0.717, 1.165) is 31.1 Å². The van der Waals surface area contributed by atoms with Crippen LogP contribution >= 0.6 is 0 Å². The van der Waals surface area contributed by atoms with Gasteiger partial charge in [-0.3, -0.25) is 0 Å². The Hall–Kier alpha value is -0.140. The molecule has 0 saturated heterocycles. The minimum atomic E-state index is -2.45. The van der Waals surface area contributed by atoms with Crippen molar-refractivity contribution in [3.63, 3.8) is 0 Å². The molecule has 4 aliphatic rings. The normalized spacial score (nSPS) is 51.2.